The maximum Gasteiger partial charge on any atom is 0.342 e. The molecule has 0 amide bonds. The first-order valence-electron chi connectivity index (χ1n) is 5.96. The van der Waals surface area contributed by atoms with Crippen LogP contribution in [0.2, 0.25) is 15.3 Å². The number of halogens is 3. The summed E-state index contributed by atoms with van der Waals surface area (Å²) in [6.07, 6.45) is 0. The highest BCUT2D eigenvalue weighted by Crippen LogP contribution is 2.39. The van der Waals surface area contributed by atoms with Crippen LogP contribution >= 0.6 is 58.8 Å². The Morgan fingerprint density at radius 2 is 1.86 bits per heavy atom. The predicted octanol–water partition coefficient (Wildman–Crippen LogP) is 4.55. The monoisotopic (exact) mass is 386 g/mol. The first kappa shape index (κ1) is 18.8. The molecule has 0 radical (unpaired) electrons. The number of thiocarbonyl (C=S) groups is 1. The van der Waals surface area contributed by atoms with Crippen LogP contribution in [-0.4, -0.2) is 40.4 Å². The molecule has 0 aliphatic carbocycles. The highest BCUT2D eigenvalue weighted by Gasteiger charge is 2.25. The standard InChI is InChI=1S/C12H13Cl3N2O2S2/c1-4-17(5-2)12(20)21-8-6(11(18)19-3)9(14)16-10(15)7(8)13/h4-5H2,1-3H3. The van der Waals surface area contributed by atoms with Crippen LogP contribution in [0.4, 0.5) is 0 Å². The molecule has 0 saturated carbocycles. The topological polar surface area (TPSA) is 42.4 Å². The van der Waals surface area contributed by atoms with Crippen molar-refractivity contribution in [1.82, 2.24) is 9.88 Å². The Morgan fingerprint density at radius 3 is 2.33 bits per heavy atom. The van der Waals surface area contributed by atoms with Gasteiger partial charge in [0.05, 0.1) is 17.0 Å². The maximum absolute atomic E-state index is 11.9. The fraction of sp³-hybridized carbons (Fsp3) is 0.417. The van der Waals surface area contributed by atoms with Crippen molar-refractivity contribution < 1.29 is 9.53 Å². The van der Waals surface area contributed by atoms with E-state index in [0.717, 1.165) is 24.9 Å². The van der Waals surface area contributed by atoms with Gasteiger partial charge in [0.25, 0.3) is 0 Å². The van der Waals surface area contributed by atoms with Crippen LogP contribution in [0.3, 0.4) is 0 Å². The summed E-state index contributed by atoms with van der Waals surface area (Å²) in [5.74, 6) is -0.643. The number of hydrogen-bond donors (Lipinski definition) is 0. The summed E-state index contributed by atoms with van der Waals surface area (Å²) in [5.41, 5.74) is 0.0630. The molecule has 0 saturated heterocycles. The van der Waals surface area contributed by atoms with Crippen molar-refractivity contribution in [3.8, 4) is 0 Å². The number of carbonyl (C=O) groups excluding carboxylic acids is 1. The largest absolute Gasteiger partial charge is 0.465 e. The number of thioether (sulfide) groups is 1. The lowest BCUT2D eigenvalue weighted by Gasteiger charge is -2.22. The quantitative estimate of drug-likeness (QED) is 0.327. The number of hydrogen-bond acceptors (Lipinski definition) is 5. The molecule has 0 atom stereocenters. The van der Waals surface area contributed by atoms with E-state index in [-0.39, 0.29) is 20.9 Å². The number of pyridine rings is 1. The third kappa shape index (κ3) is 4.36. The molecule has 1 aromatic heterocycles. The molecule has 0 aliphatic rings. The van der Waals surface area contributed by atoms with Gasteiger partial charge >= 0.3 is 5.97 Å². The van der Waals surface area contributed by atoms with Gasteiger partial charge in [-0.3, -0.25) is 0 Å². The molecule has 21 heavy (non-hydrogen) atoms. The number of carbonyl (C=O) groups is 1. The number of rotatable bonds is 4. The van der Waals surface area contributed by atoms with E-state index in [1.807, 2.05) is 18.7 Å². The zero-order valence-electron chi connectivity index (χ0n) is 11.6. The minimum Gasteiger partial charge on any atom is -0.465 e. The SMILES string of the molecule is CCN(CC)C(=S)Sc1c(Cl)c(Cl)nc(Cl)c1C(=O)OC. The van der Waals surface area contributed by atoms with Gasteiger partial charge in [-0.15, -0.1) is 0 Å². The maximum atomic E-state index is 11.9. The van der Waals surface area contributed by atoms with Crippen molar-refractivity contribution in [2.75, 3.05) is 20.2 Å². The minimum absolute atomic E-state index is 0.0131. The fourth-order valence-electron chi connectivity index (χ4n) is 1.50. The first-order chi connectivity index (χ1) is 9.87. The average molecular weight is 388 g/mol. The highest BCUT2D eigenvalue weighted by molar-refractivity contribution is 8.23. The van der Waals surface area contributed by atoms with Crippen molar-refractivity contribution in [3.63, 3.8) is 0 Å². The molecule has 0 aliphatic heterocycles. The summed E-state index contributed by atoms with van der Waals surface area (Å²) >= 11 is 24.6. The number of esters is 1. The summed E-state index contributed by atoms with van der Waals surface area (Å²) in [4.78, 5) is 18.0. The summed E-state index contributed by atoms with van der Waals surface area (Å²) < 4.78 is 5.27. The van der Waals surface area contributed by atoms with Crippen molar-refractivity contribution in [3.05, 3.63) is 20.9 Å². The van der Waals surface area contributed by atoms with Crippen LogP contribution in [0.1, 0.15) is 24.2 Å². The smallest absolute Gasteiger partial charge is 0.342 e. The van der Waals surface area contributed by atoms with Gasteiger partial charge in [0.2, 0.25) is 0 Å². The first-order valence-corrected chi connectivity index (χ1v) is 8.32. The van der Waals surface area contributed by atoms with Crippen molar-refractivity contribution in [2.45, 2.75) is 18.7 Å². The second kappa shape index (κ2) is 8.39. The lowest BCUT2D eigenvalue weighted by Crippen LogP contribution is -2.26. The number of methoxy groups -OCH3 is 1. The van der Waals surface area contributed by atoms with E-state index >= 15 is 0 Å². The Hall–Kier alpha value is -0.270. The van der Waals surface area contributed by atoms with Gasteiger partial charge in [-0.05, 0) is 13.8 Å². The second-order valence-corrected chi connectivity index (χ2v) is 6.48. The van der Waals surface area contributed by atoms with E-state index < -0.39 is 5.97 Å². The molecule has 116 valence electrons. The van der Waals surface area contributed by atoms with Gasteiger partial charge in [0, 0.05) is 13.1 Å². The summed E-state index contributed by atoms with van der Waals surface area (Å²) in [5, 5.41) is 0.0706. The molecule has 1 heterocycles. The van der Waals surface area contributed by atoms with Crippen molar-refractivity contribution in [2.24, 2.45) is 0 Å². The summed E-state index contributed by atoms with van der Waals surface area (Å²) in [7, 11) is 1.25. The summed E-state index contributed by atoms with van der Waals surface area (Å²) in [6.45, 7) is 5.43. The van der Waals surface area contributed by atoms with Crippen LogP contribution in [0, 0.1) is 0 Å². The zero-order valence-corrected chi connectivity index (χ0v) is 15.5. The lowest BCUT2D eigenvalue weighted by atomic mass is 10.3. The minimum atomic E-state index is -0.643. The molecule has 0 spiro atoms. The molecule has 0 aromatic carbocycles. The third-order valence-corrected chi connectivity index (χ3v) is 5.29. The third-order valence-electron chi connectivity index (χ3n) is 2.61. The Kier molecular flexibility index (Phi) is 7.50. The molecule has 0 bridgehead atoms. The number of ether oxygens (including phenoxy) is 1. The molecule has 0 fully saturated rings. The molecular formula is C12H13Cl3N2O2S2. The average Bonchev–Trinajstić information content (AvgIpc) is 2.45. The van der Waals surface area contributed by atoms with Crippen LogP contribution in [0.25, 0.3) is 0 Å². The van der Waals surface area contributed by atoms with E-state index in [4.69, 9.17) is 51.8 Å². The van der Waals surface area contributed by atoms with Crippen LogP contribution in [-0.2, 0) is 4.74 Å². The van der Waals surface area contributed by atoms with E-state index in [0.29, 0.717) is 9.22 Å². The summed E-state index contributed by atoms with van der Waals surface area (Å²) in [6, 6.07) is 0. The van der Waals surface area contributed by atoms with Crippen LogP contribution in [0.15, 0.2) is 4.90 Å². The van der Waals surface area contributed by atoms with E-state index in [9.17, 15) is 4.79 Å². The Bertz CT molecular complexity index is 566. The van der Waals surface area contributed by atoms with Crippen LogP contribution in [0.5, 0.6) is 0 Å². The van der Waals surface area contributed by atoms with Gasteiger partial charge in [0.1, 0.15) is 15.0 Å². The van der Waals surface area contributed by atoms with Crippen molar-refractivity contribution in [1.29, 1.82) is 0 Å². The van der Waals surface area contributed by atoms with E-state index in [1.54, 1.807) is 0 Å². The lowest BCUT2D eigenvalue weighted by molar-refractivity contribution is 0.0596. The molecule has 0 N–H and O–H groups in total. The zero-order chi connectivity index (χ0) is 16.2. The van der Waals surface area contributed by atoms with Gasteiger partial charge < -0.3 is 9.64 Å². The Balaban J connectivity index is 3.33. The van der Waals surface area contributed by atoms with Gasteiger partial charge in [0.15, 0.2) is 5.15 Å². The van der Waals surface area contributed by atoms with E-state index in [2.05, 4.69) is 4.98 Å². The van der Waals surface area contributed by atoms with Gasteiger partial charge in [-0.1, -0.05) is 58.8 Å². The predicted molar refractivity (Wildman–Crippen MR) is 92.0 cm³/mol. The van der Waals surface area contributed by atoms with Gasteiger partial charge in [-0.25, -0.2) is 9.78 Å². The normalized spacial score (nSPS) is 10.4. The molecule has 9 heteroatoms. The highest BCUT2D eigenvalue weighted by atomic mass is 35.5. The molecule has 1 rings (SSSR count). The molecular weight excluding hydrogens is 375 g/mol. The fourth-order valence-corrected chi connectivity index (χ4v) is 3.88. The van der Waals surface area contributed by atoms with Crippen LogP contribution < -0.4 is 0 Å². The molecule has 0 unspecified atom stereocenters. The van der Waals surface area contributed by atoms with Gasteiger partial charge in [-0.2, -0.15) is 0 Å². The van der Waals surface area contributed by atoms with E-state index in [1.165, 1.54) is 7.11 Å². The molecule has 4 nitrogen and oxygen atoms in total. The molecule has 1 aromatic rings. The number of aromatic nitrogens is 1. The second-order valence-electron chi connectivity index (χ2n) is 3.74. The Morgan fingerprint density at radius 1 is 1.29 bits per heavy atom. The van der Waals surface area contributed by atoms with Crippen molar-refractivity contribution >= 4 is 69.1 Å². The number of nitrogens with zero attached hydrogens (tertiary/aromatic N) is 2. The Labute approximate surface area is 148 Å².